The molecule has 0 saturated heterocycles. The Morgan fingerprint density at radius 1 is 1.44 bits per heavy atom. The summed E-state index contributed by atoms with van der Waals surface area (Å²) in [6.45, 7) is 2.73. The van der Waals surface area contributed by atoms with Crippen molar-refractivity contribution < 1.29 is 0 Å². The minimum absolute atomic E-state index is 0.0139. The van der Waals surface area contributed by atoms with Crippen LogP contribution in [0.25, 0.3) is 0 Å². The summed E-state index contributed by atoms with van der Waals surface area (Å²) in [4.78, 5) is 4.23. The second-order valence-electron chi connectivity index (χ2n) is 3.48. The Labute approximate surface area is 104 Å². The molecule has 4 heteroatoms. The molecule has 0 amide bonds. The molecule has 1 aromatic heterocycles. The maximum atomic E-state index is 6.12. The van der Waals surface area contributed by atoms with Gasteiger partial charge in [-0.05, 0) is 18.6 Å². The van der Waals surface area contributed by atoms with Crippen molar-refractivity contribution in [3.63, 3.8) is 0 Å². The highest BCUT2D eigenvalue weighted by molar-refractivity contribution is 7.09. The molecular formula is C12H13ClN2S. The van der Waals surface area contributed by atoms with Gasteiger partial charge in [-0.2, -0.15) is 0 Å². The highest BCUT2D eigenvalue weighted by Gasteiger charge is 2.06. The normalized spacial score (nSPS) is 12.4. The smallest absolute Gasteiger partial charge is 0.112 e. The molecule has 0 aliphatic carbocycles. The lowest BCUT2D eigenvalue weighted by Crippen LogP contribution is -2.02. The van der Waals surface area contributed by atoms with Crippen LogP contribution in [0, 0.1) is 0 Å². The Hall–Kier alpha value is -1.06. The van der Waals surface area contributed by atoms with E-state index < -0.39 is 0 Å². The van der Waals surface area contributed by atoms with Crippen molar-refractivity contribution in [2.75, 3.05) is 5.32 Å². The lowest BCUT2D eigenvalue weighted by Gasteiger charge is -2.12. The fourth-order valence-electron chi connectivity index (χ4n) is 1.52. The zero-order valence-corrected chi connectivity index (χ0v) is 10.6. The zero-order chi connectivity index (χ0) is 11.4. The molecule has 2 aromatic rings. The molecule has 0 fully saturated rings. The van der Waals surface area contributed by atoms with Crippen molar-refractivity contribution >= 4 is 28.6 Å². The predicted molar refractivity (Wildman–Crippen MR) is 70.2 cm³/mol. The molecule has 1 heterocycles. The Kier molecular flexibility index (Phi) is 3.80. The van der Waals surface area contributed by atoms with Crippen molar-refractivity contribution in [3.05, 3.63) is 46.4 Å². The van der Waals surface area contributed by atoms with Crippen molar-refractivity contribution in [1.82, 2.24) is 4.98 Å². The molecule has 84 valence electrons. The number of benzene rings is 1. The molecular weight excluding hydrogens is 240 g/mol. The molecule has 1 aromatic carbocycles. The predicted octanol–water partition coefficient (Wildman–Crippen LogP) is 4.06. The van der Waals surface area contributed by atoms with Gasteiger partial charge < -0.3 is 5.32 Å². The standard InChI is InChI=1S/C12H13ClN2S/c1-9(13)10-4-2-3-5-11(10)15-8-12-14-6-7-16-12/h2-7,9,15H,8H2,1H3. The van der Waals surface area contributed by atoms with Crippen LogP contribution in [0.5, 0.6) is 0 Å². The van der Waals surface area contributed by atoms with Crippen LogP contribution in [-0.2, 0) is 6.54 Å². The largest absolute Gasteiger partial charge is 0.378 e. The maximum Gasteiger partial charge on any atom is 0.112 e. The van der Waals surface area contributed by atoms with Gasteiger partial charge in [0.05, 0.1) is 11.9 Å². The van der Waals surface area contributed by atoms with E-state index in [0.29, 0.717) is 0 Å². The second kappa shape index (κ2) is 5.32. The average molecular weight is 253 g/mol. The number of nitrogens with zero attached hydrogens (tertiary/aromatic N) is 1. The van der Waals surface area contributed by atoms with Crippen molar-refractivity contribution in [2.24, 2.45) is 0 Å². The first-order valence-corrected chi connectivity index (χ1v) is 6.44. The number of halogens is 1. The fourth-order valence-corrected chi connectivity index (χ4v) is 2.26. The van der Waals surface area contributed by atoms with E-state index >= 15 is 0 Å². The van der Waals surface area contributed by atoms with Crippen LogP contribution in [-0.4, -0.2) is 4.98 Å². The molecule has 1 N–H and O–H groups in total. The minimum Gasteiger partial charge on any atom is -0.378 e. The molecule has 2 nitrogen and oxygen atoms in total. The van der Waals surface area contributed by atoms with Gasteiger partial charge in [0.15, 0.2) is 0 Å². The summed E-state index contributed by atoms with van der Waals surface area (Å²) in [5.74, 6) is 0. The number of alkyl halides is 1. The van der Waals surface area contributed by atoms with Crippen LogP contribution < -0.4 is 5.32 Å². The number of para-hydroxylation sites is 1. The quantitative estimate of drug-likeness (QED) is 0.831. The topological polar surface area (TPSA) is 24.9 Å². The molecule has 1 unspecified atom stereocenters. The molecule has 16 heavy (non-hydrogen) atoms. The number of aromatic nitrogens is 1. The van der Waals surface area contributed by atoms with Gasteiger partial charge in [0.2, 0.25) is 0 Å². The first-order chi connectivity index (χ1) is 7.77. The third-order valence-corrected chi connectivity index (χ3v) is 3.32. The fraction of sp³-hybridized carbons (Fsp3) is 0.250. The highest BCUT2D eigenvalue weighted by atomic mass is 35.5. The van der Waals surface area contributed by atoms with E-state index in [1.165, 1.54) is 0 Å². The van der Waals surface area contributed by atoms with Crippen LogP contribution in [0.1, 0.15) is 22.9 Å². The Balaban J connectivity index is 2.09. The van der Waals surface area contributed by atoms with Crippen LogP contribution >= 0.6 is 22.9 Å². The number of anilines is 1. The summed E-state index contributed by atoms with van der Waals surface area (Å²) >= 11 is 7.77. The van der Waals surface area contributed by atoms with E-state index in [0.717, 1.165) is 22.8 Å². The summed E-state index contributed by atoms with van der Waals surface area (Å²) in [5.41, 5.74) is 2.21. The third kappa shape index (κ3) is 2.74. The lowest BCUT2D eigenvalue weighted by molar-refractivity contribution is 1.05. The Bertz CT molecular complexity index is 440. The lowest BCUT2D eigenvalue weighted by atomic mass is 10.1. The van der Waals surface area contributed by atoms with E-state index in [-0.39, 0.29) is 5.38 Å². The Morgan fingerprint density at radius 3 is 2.94 bits per heavy atom. The third-order valence-electron chi connectivity index (χ3n) is 2.30. The van der Waals surface area contributed by atoms with Gasteiger partial charge in [-0.25, -0.2) is 4.98 Å². The van der Waals surface area contributed by atoms with Crippen LogP contribution in [0.4, 0.5) is 5.69 Å². The maximum absolute atomic E-state index is 6.12. The average Bonchev–Trinajstić information content (AvgIpc) is 2.79. The molecule has 0 bridgehead atoms. The van der Waals surface area contributed by atoms with Crippen LogP contribution in [0.3, 0.4) is 0 Å². The first kappa shape index (κ1) is 11.4. The number of thiazole rings is 1. The molecule has 2 rings (SSSR count). The second-order valence-corrected chi connectivity index (χ2v) is 5.12. The van der Waals surface area contributed by atoms with E-state index in [9.17, 15) is 0 Å². The van der Waals surface area contributed by atoms with Gasteiger partial charge in [0.25, 0.3) is 0 Å². The molecule has 0 saturated carbocycles. The van der Waals surface area contributed by atoms with Gasteiger partial charge >= 0.3 is 0 Å². The van der Waals surface area contributed by atoms with Gasteiger partial charge in [0, 0.05) is 17.3 Å². The molecule has 0 aliphatic rings. The van der Waals surface area contributed by atoms with E-state index in [1.807, 2.05) is 42.8 Å². The Morgan fingerprint density at radius 2 is 2.25 bits per heavy atom. The van der Waals surface area contributed by atoms with E-state index in [2.05, 4.69) is 10.3 Å². The molecule has 0 aliphatic heterocycles. The van der Waals surface area contributed by atoms with Crippen LogP contribution in [0.15, 0.2) is 35.8 Å². The number of hydrogen-bond acceptors (Lipinski definition) is 3. The van der Waals surface area contributed by atoms with E-state index in [1.54, 1.807) is 11.3 Å². The summed E-state index contributed by atoms with van der Waals surface area (Å²) < 4.78 is 0. The highest BCUT2D eigenvalue weighted by Crippen LogP contribution is 2.27. The van der Waals surface area contributed by atoms with Crippen LogP contribution in [0.2, 0.25) is 0 Å². The van der Waals surface area contributed by atoms with Crippen molar-refractivity contribution in [2.45, 2.75) is 18.8 Å². The van der Waals surface area contributed by atoms with Gasteiger partial charge in [0.1, 0.15) is 5.01 Å². The molecule has 1 atom stereocenters. The summed E-state index contributed by atoms with van der Waals surface area (Å²) in [5, 5.41) is 6.43. The molecule has 0 spiro atoms. The van der Waals surface area contributed by atoms with E-state index in [4.69, 9.17) is 11.6 Å². The molecule has 0 radical (unpaired) electrons. The zero-order valence-electron chi connectivity index (χ0n) is 8.98. The number of nitrogens with one attached hydrogen (secondary N) is 1. The van der Waals surface area contributed by atoms with Crippen molar-refractivity contribution in [3.8, 4) is 0 Å². The summed E-state index contributed by atoms with van der Waals surface area (Å²) in [7, 11) is 0. The number of hydrogen-bond donors (Lipinski definition) is 1. The van der Waals surface area contributed by atoms with Gasteiger partial charge in [-0.1, -0.05) is 18.2 Å². The minimum atomic E-state index is 0.0139. The summed E-state index contributed by atoms with van der Waals surface area (Å²) in [6, 6.07) is 8.10. The number of rotatable bonds is 4. The monoisotopic (exact) mass is 252 g/mol. The summed E-state index contributed by atoms with van der Waals surface area (Å²) in [6.07, 6.45) is 1.82. The first-order valence-electron chi connectivity index (χ1n) is 5.12. The van der Waals surface area contributed by atoms with Crippen molar-refractivity contribution in [1.29, 1.82) is 0 Å². The van der Waals surface area contributed by atoms with Gasteiger partial charge in [-0.15, -0.1) is 22.9 Å². The van der Waals surface area contributed by atoms with Gasteiger partial charge in [-0.3, -0.25) is 0 Å². The SMILES string of the molecule is CC(Cl)c1ccccc1NCc1nccs1.